The van der Waals surface area contributed by atoms with Gasteiger partial charge in [0.05, 0.1) is 12.6 Å². The number of aryl methyl sites for hydroxylation is 1. The maximum absolute atomic E-state index is 10.4. The minimum Gasteiger partial charge on any atom is -0.387 e. The highest BCUT2D eigenvalue weighted by atomic mass is 35.5. The summed E-state index contributed by atoms with van der Waals surface area (Å²) in [6, 6.07) is 13.8. The van der Waals surface area contributed by atoms with Crippen molar-refractivity contribution in [1.82, 2.24) is 9.55 Å². The van der Waals surface area contributed by atoms with E-state index in [9.17, 15) is 5.11 Å². The van der Waals surface area contributed by atoms with E-state index in [1.165, 1.54) is 5.56 Å². The van der Waals surface area contributed by atoms with E-state index in [-0.39, 0.29) is 12.4 Å². The molecule has 0 aromatic heterocycles. The van der Waals surface area contributed by atoms with E-state index in [0.29, 0.717) is 6.54 Å². The fraction of sp³-hybridized carbons (Fsp3) is 0.235. The maximum atomic E-state index is 10.4. The molecule has 0 radical (unpaired) electrons. The van der Waals surface area contributed by atoms with E-state index in [2.05, 4.69) is 18.0 Å². The average molecular weight is 303 g/mol. The van der Waals surface area contributed by atoms with Crippen molar-refractivity contribution in [2.75, 3.05) is 0 Å². The minimum absolute atomic E-state index is 0. The first kappa shape index (κ1) is 15.5. The fourth-order valence-corrected chi connectivity index (χ4v) is 2.51. The predicted molar refractivity (Wildman–Crippen MR) is 87.0 cm³/mol. The first-order chi connectivity index (χ1) is 9.66. The number of fused-ring (bicyclic) bond motifs is 1. The molecule has 0 spiro atoms. The predicted octanol–water partition coefficient (Wildman–Crippen LogP) is 3.76. The van der Waals surface area contributed by atoms with Crippen LogP contribution in [0.4, 0.5) is 0 Å². The van der Waals surface area contributed by atoms with Gasteiger partial charge in [-0.2, -0.15) is 0 Å². The zero-order valence-corrected chi connectivity index (χ0v) is 13.0. The summed E-state index contributed by atoms with van der Waals surface area (Å²) >= 11 is 0. The van der Waals surface area contributed by atoms with Crippen LogP contribution in [0.25, 0.3) is 11.4 Å². The van der Waals surface area contributed by atoms with Gasteiger partial charge < -0.3 is 9.67 Å². The molecular weight excluding hydrogens is 284 g/mol. The second-order valence-corrected chi connectivity index (χ2v) is 5.15. The molecular formula is C17H19ClN2O. The Morgan fingerprint density at radius 1 is 1.10 bits per heavy atom. The summed E-state index contributed by atoms with van der Waals surface area (Å²) in [6.07, 6.45) is 1.45. The molecule has 110 valence electrons. The maximum Gasteiger partial charge on any atom is 0.140 e. The molecule has 4 heteroatoms. The number of aromatic nitrogens is 2. The van der Waals surface area contributed by atoms with Gasteiger partial charge in [-0.1, -0.05) is 30.3 Å². The van der Waals surface area contributed by atoms with Crippen LogP contribution in [0.5, 0.6) is 0 Å². The van der Waals surface area contributed by atoms with E-state index in [0.717, 1.165) is 22.6 Å². The van der Waals surface area contributed by atoms with Crippen LogP contribution in [0.3, 0.4) is 0 Å². The Kier molecular flexibility index (Phi) is 4.66. The standard InChI is InChI=1S/C17H18N2O.ClH/c1-12-13(2)18-17-15(12)9-6-10-19(17)11-16(20)14-7-4-3-5-8-14;/h3-10,16,20H,11H2,1-2H3;1H. The summed E-state index contributed by atoms with van der Waals surface area (Å²) < 4.78 is 2.02. The van der Waals surface area contributed by atoms with Crippen molar-refractivity contribution in [3.05, 3.63) is 65.5 Å². The Balaban J connectivity index is 0.00000161. The largest absolute Gasteiger partial charge is 0.387 e. The fourth-order valence-electron chi connectivity index (χ4n) is 2.51. The Bertz CT molecular complexity index is 694. The summed E-state index contributed by atoms with van der Waals surface area (Å²) in [5.74, 6) is 0.942. The van der Waals surface area contributed by atoms with Crippen molar-refractivity contribution in [1.29, 1.82) is 0 Å². The van der Waals surface area contributed by atoms with Gasteiger partial charge in [-0.05, 0) is 37.1 Å². The normalized spacial score (nSPS) is 12.1. The summed E-state index contributed by atoms with van der Waals surface area (Å²) in [4.78, 5) is 4.61. The number of rotatable bonds is 3. The number of hydrogen-bond acceptors (Lipinski definition) is 2. The summed E-state index contributed by atoms with van der Waals surface area (Å²) in [7, 11) is 0. The number of hydrogen-bond donors (Lipinski definition) is 1. The van der Waals surface area contributed by atoms with Crippen LogP contribution in [0, 0.1) is 13.8 Å². The minimum atomic E-state index is -0.524. The zero-order chi connectivity index (χ0) is 14.1. The van der Waals surface area contributed by atoms with Gasteiger partial charge in [0.25, 0.3) is 0 Å². The summed E-state index contributed by atoms with van der Waals surface area (Å²) in [5.41, 5.74) is 4.35. The lowest BCUT2D eigenvalue weighted by Crippen LogP contribution is -2.11. The number of aliphatic hydroxyl groups is 1. The number of aliphatic hydroxyl groups excluding tert-OH is 1. The first-order valence-corrected chi connectivity index (χ1v) is 6.82. The van der Waals surface area contributed by atoms with Gasteiger partial charge in [-0.25, -0.2) is 4.98 Å². The second kappa shape index (κ2) is 6.29. The molecule has 0 bridgehead atoms. The number of pyridine rings is 1. The van der Waals surface area contributed by atoms with E-state index in [1.807, 2.05) is 54.1 Å². The molecule has 2 aliphatic rings. The van der Waals surface area contributed by atoms with Gasteiger partial charge in [0.1, 0.15) is 5.82 Å². The zero-order valence-electron chi connectivity index (χ0n) is 12.2. The van der Waals surface area contributed by atoms with E-state index in [4.69, 9.17) is 0 Å². The van der Waals surface area contributed by atoms with Gasteiger partial charge in [0, 0.05) is 17.5 Å². The summed E-state index contributed by atoms with van der Waals surface area (Å²) in [6.45, 7) is 4.62. The Hall–Kier alpha value is -1.84. The topological polar surface area (TPSA) is 38.0 Å². The molecule has 0 fully saturated rings. The highest BCUT2D eigenvalue weighted by Crippen LogP contribution is 2.28. The molecule has 0 aliphatic carbocycles. The third-order valence-corrected chi connectivity index (χ3v) is 3.82. The van der Waals surface area contributed by atoms with Gasteiger partial charge >= 0.3 is 0 Å². The van der Waals surface area contributed by atoms with Crippen molar-refractivity contribution < 1.29 is 5.11 Å². The number of halogens is 1. The second-order valence-electron chi connectivity index (χ2n) is 5.15. The molecule has 1 aromatic rings. The van der Waals surface area contributed by atoms with Gasteiger partial charge in [-0.15, -0.1) is 12.4 Å². The van der Waals surface area contributed by atoms with Crippen molar-refractivity contribution in [3.63, 3.8) is 0 Å². The Morgan fingerprint density at radius 3 is 2.52 bits per heavy atom. The van der Waals surface area contributed by atoms with Gasteiger partial charge in [-0.3, -0.25) is 0 Å². The van der Waals surface area contributed by atoms with Crippen LogP contribution in [0.15, 0.2) is 48.7 Å². The van der Waals surface area contributed by atoms with Crippen molar-refractivity contribution >= 4 is 12.4 Å². The van der Waals surface area contributed by atoms with Gasteiger partial charge in [0.15, 0.2) is 0 Å². The molecule has 0 saturated heterocycles. The molecule has 1 aromatic carbocycles. The summed E-state index contributed by atoms with van der Waals surface area (Å²) in [5, 5.41) is 10.4. The lowest BCUT2D eigenvalue weighted by atomic mass is 10.1. The Labute approximate surface area is 131 Å². The monoisotopic (exact) mass is 302 g/mol. The molecule has 1 atom stereocenters. The van der Waals surface area contributed by atoms with Crippen LogP contribution < -0.4 is 0 Å². The third kappa shape index (κ3) is 2.94. The molecule has 0 saturated carbocycles. The van der Waals surface area contributed by atoms with Crippen LogP contribution in [0.2, 0.25) is 0 Å². The molecule has 0 amide bonds. The molecule has 2 heterocycles. The first-order valence-electron chi connectivity index (χ1n) is 6.82. The Morgan fingerprint density at radius 2 is 1.81 bits per heavy atom. The van der Waals surface area contributed by atoms with E-state index in [1.54, 1.807) is 0 Å². The molecule has 3 rings (SSSR count). The number of nitrogens with zero attached hydrogens (tertiary/aromatic N) is 2. The van der Waals surface area contributed by atoms with E-state index >= 15 is 0 Å². The van der Waals surface area contributed by atoms with Gasteiger partial charge in [0.2, 0.25) is 0 Å². The lowest BCUT2D eigenvalue weighted by molar-refractivity contribution is 0.156. The number of benzene rings is 1. The van der Waals surface area contributed by atoms with Crippen LogP contribution in [-0.2, 0) is 6.54 Å². The lowest BCUT2D eigenvalue weighted by Gasteiger charge is -2.16. The highest BCUT2D eigenvalue weighted by molar-refractivity contribution is 5.85. The van der Waals surface area contributed by atoms with Crippen molar-refractivity contribution in [2.24, 2.45) is 0 Å². The van der Waals surface area contributed by atoms with Crippen molar-refractivity contribution in [3.8, 4) is 11.4 Å². The van der Waals surface area contributed by atoms with E-state index < -0.39 is 6.10 Å². The van der Waals surface area contributed by atoms with Crippen LogP contribution in [0.1, 0.15) is 22.9 Å². The molecule has 21 heavy (non-hydrogen) atoms. The smallest absolute Gasteiger partial charge is 0.140 e. The molecule has 1 N–H and O–H groups in total. The van der Waals surface area contributed by atoms with Crippen LogP contribution in [-0.4, -0.2) is 14.7 Å². The molecule has 2 aliphatic heterocycles. The molecule has 1 unspecified atom stereocenters. The third-order valence-electron chi connectivity index (χ3n) is 3.82. The SMILES string of the molecule is Cc1nc2n(CC(O)c3ccccc3)cccc-2c1C.Cl. The molecule has 3 nitrogen and oxygen atoms in total. The van der Waals surface area contributed by atoms with Crippen molar-refractivity contribution in [2.45, 2.75) is 26.5 Å². The highest BCUT2D eigenvalue weighted by Gasteiger charge is 2.16. The quantitative estimate of drug-likeness (QED) is 0.800. The van der Waals surface area contributed by atoms with Crippen LogP contribution >= 0.6 is 12.4 Å². The average Bonchev–Trinajstić information content (AvgIpc) is 2.77.